The van der Waals surface area contributed by atoms with Crippen molar-refractivity contribution >= 4 is 23.4 Å². The lowest BCUT2D eigenvalue weighted by molar-refractivity contribution is -0.115. The third kappa shape index (κ3) is 9.46. The molecule has 1 amide bonds. The first kappa shape index (κ1) is 25.9. The summed E-state index contributed by atoms with van der Waals surface area (Å²) in [6.07, 6.45) is 14.3. The van der Waals surface area contributed by atoms with Gasteiger partial charge in [0, 0.05) is 5.69 Å². The van der Waals surface area contributed by atoms with E-state index in [1.165, 1.54) is 64.2 Å². The second-order valence-electron chi connectivity index (χ2n) is 8.28. The quantitative estimate of drug-likeness (QED) is 0.225. The smallest absolute Gasteiger partial charge is 0.237 e. The highest BCUT2D eigenvalue weighted by Gasteiger charge is 2.19. The van der Waals surface area contributed by atoms with Crippen LogP contribution in [0.3, 0.4) is 0 Å². The number of rotatable bonds is 15. The Balaban J connectivity index is 2.28. The van der Waals surface area contributed by atoms with E-state index >= 15 is 0 Å². The lowest BCUT2D eigenvalue weighted by Crippen LogP contribution is -2.25. The van der Waals surface area contributed by atoms with Gasteiger partial charge in [-0.25, -0.2) is 0 Å². The standard InChI is InChI=1S/C25H43NO2S/c1-6-8-9-10-11-12-13-14-15-16-17-29-23(7-2)25(28)26-22-18-19(3)24(27)21(5)20(22)4/h18,23,27H,6-17H2,1-5H3,(H,26,28). The summed E-state index contributed by atoms with van der Waals surface area (Å²) in [7, 11) is 0. The van der Waals surface area contributed by atoms with E-state index in [4.69, 9.17) is 0 Å². The van der Waals surface area contributed by atoms with E-state index in [0.717, 1.165) is 34.6 Å². The van der Waals surface area contributed by atoms with E-state index in [1.807, 2.05) is 26.8 Å². The second-order valence-corrected chi connectivity index (χ2v) is 9.59. The van der Waals surface area contributed by atoms with Crippen molar-refractivity contribution in [1.29, 1.82) is 0 Å². The number of hydrogen-bond donors (Lipinski definition) is 2. The molecule has 0 aliphatic rings. The SMILES string of the molecule is CCCCCCCCCCCCSC(CC)C(=O)Nc1cc(C)c(O)c(C)c1C. The number of nitrogens with one attached hydrogen (secondary N) is 1. The summed E-state index contributed by atoms with van der Waals surface area (Å²) in [4.78, 5) is 12.7. The Labute approximate surface area is 183 Å². The number of aryl methyl sites for hydroxylation is 1. The molecule has 0 aromatic heterocycles. The number of hydrogen-bond acceptors (Lipinski definition) is 3. The van der Waals surface area contributed by atoms with Crippen LogP contribution in [0, 0.1) is 20.8 Å². The monoisotopic (exact) mass is 421 g/mol. The first-order chi connectivity index (χ1) is 13.9. The lowest BCUT2D eigenvalue weighted by Gasteiger charge is -2.18. The molecule has 0 aliphatic carbocycles. The average Bonchev–Trinajstić information content (AvgIpc) is 2.71. The van der Waals surface area contributed by atoms with Crippen LogP contribution >= 0.6 is 11.8 Å². The molecule has 4 heteroatoms. The lowest BCUT2D eigenvalue weighted by atomic mass is 10.0. The molecule has 2 N–H and O–H groups in total. The molecule has 1 aromatic rings. The van der Waals surface area contributed by atoms with Gasteiger partial charge in [-0.2, -0.15) is 0 Å². The topological polar surface area (TPSA) is 49.3 Å². The molecule has 0 spiro atoms. The van der Waals surface area contributed by atoms with E-state index in [2.05, 4.69) is 19.2 Å². The summed E-state index contributed by atoms with van der Waals surface area (Å²) in [6, 6.07) is 1.87. The van der Waals surface area contributed by atoms with Crippen molar-refractivity contribution in [2.24, 2.45) is 0 Å². The summed E-state index contributed by atoms with van der Waals surface area (Å²) in [5, 5.41) is 13.1. The number of carbonyl (C=O) groups is 1. The van der Waals surface area contributed by atoms with Crippen LogP contribution in [0.4, 0.5) is 5.69 Å². The number of anilines is 1. The Bertz CT molecular complexity index is 615. The number of carbonyl (C=O) groups excluding carboxylic acids is 1. The third-order valence-electron chi connectivity index (χ3n) is 5.79. The maximum Gasteiger partial charge on any atom is 0.237 e. The first-order valence-corrected chi connectivity index (χ1v) is 12.7. The van der Waals surface area contributed by atoms with Crippen molar-refractivity contribution in [2.75, 3.05) is 11.1 Å². The van der Waals surface area contributed by atoms with Gasteiger partial charge in [0.1, 0.15) is 5.75 Å². The predicted molar refractivity (Wildman–Crippen MR) is 129 cm³/mol. The molecule has 0 bridgehead atoms. The van der Waals surface area contributed by atoms with Gasteiger partial charge in [-0.3, -0.25) is 4.79 Å². The Morgan fingerprint density at radius 3 is 2.03 bits per heavy atom. The third-order valence-corrected chi connectivity index (χ3v) is 7.27. The minimum atomic E-state index is -0.0117. The van der Waals surface area contributed by atoms with Crippen LogP contribution in [0.25, 0.3) is 0 Å². The fourth-order valence-corrected chi connectivity index (χ4v) is 4.71. The number of phenolic OH excluding ortho intramolecular Hbond substituents is 1. The Hall–Kier alpha value is -1.16. The summed E-state index contributed by atoms with van der Waals surface area (Å²) in [5.74, 6) is 1.45. The van der Waals surface area contributed by atoms with Gasteiger partial charge in [-0.05, 0) is 62.1 Å². The molecule has 0 saturated carbocycles. The average molecular weight is 422 g/mol. The Morgan fingerprint density at radius 2 is 1.48 bits per heavy atom. The van der Waals surface area contributed by atoms with Crippen LogP contribution < -0.4 is 5.32 Å². The van der Waals surface area contributed by atoms with Crippen molar-refractivity contribution in [1.82, 2.24) is 0 Å². The van der Waals surface area contributed by atoms with Crippen LogP contribution in [0.15, 0.2) is 6.07 Å². The van der Waals surface area contributed by atoms with Crippen LogP contribution in [-0.2, 0) is 4.79 Å². The zero-order valence-electron chi connectivity index (χ0n) is 19.4. The van der Waals surface area contributed by atoms with E-state index in [0.29, 0.717) is 5.75 Å². The normalized spacial score (nSPS) is 12.2. The van der Waals surface area contributed by atoms with Gasteiger partial charge in [-0.15, -0.1) is 11.8 Å². The van der Waals surface area contributed by atoms with Crippen molar-refractivity contribution < 1.29 is 9.90 Å². The molecule has 0 fully saturated rings. The largest absolute Gasteiger partial charge is 0.507 e. The number of phenols is 1. The number of unbranched alkanes of at least 4 members (excludes halogenated alkanes) is 9. The van der Waals surface area contributed by atoms with Gasteiger partial charge in [0.25, 0.3) is 0 Å². The second kappa shape index (κ2) is 14.8. The molecular formula is C25H43NO2S. The minimum absolute atomic E-state index is 0.0117. The molecule has 1 atom stereocenters. The zero-order chi connectivity index (χ0) is 21.6. The van der Waals surface area contributed by atoms with Gasteiger partial charge in [0.15, 0.2) is 0 Å². The van der Waals surface area contributed by atoms with E-state index in [9.17, 15) is 9.90 Å². The summed E-state index contributed by atoms with van der Waals surface area (Å²) < 4.78 is 0. The van der Waals surface area contributed by atoms with Gasteiger partial charge in [0.2, 0.25) is 5.91 Å². The molecule has 0 aliphatic heterocycles. The molecule has 1 aromatic carbocycles. The van der Waals surface area contributed by atoms with Gasteiger partial charge < -0.3 is 10.4 Å². The van der Waals surface area contributed by atoms with Gasteiger partial charge in [0.05, 0.1) is 5.25 Å². The van der Waals surface area contributed by atoms with Crippen molar-refractivity contribution in [3.63, 3.8) is 0 Å². The van der Waals surface area contributed by atoms with Crippen LogP contribution in [0.1, 0.15) is 101 Å². The minimum Gasteiger partial charge on any atom is -0.507 e. The van der Waals surface area contributed by atoms with Crippen LogP contribution in [0.2, 0.25) is 0 Å². The van der Waals surface area contributed by atoms with Crippen molar-refractivity contribution in [3.05, 3.63) is 22.8 Å². The fraction of sp³-hybridized carbons (Fsp3) is 0.720. The van der Waals surface area contributed by atoms with Crippen molar-refractivity contribution in [3.8, 4) is 5.75 Å². The first-order valence-electron chi connectivity index (χ1n) is 11.6. The number of amides is 1. The highest BCUT2D eigenvalue weighted by atomic mass is 32.2. The molecule has 1 unspecified atom stereocenters. The van der Waals surface area contributed by atoms with E-state index in [1.54, 1.807) is 11.8 Å². The number of aromatic hydroxyl groups is 1. The van der Waals surface area contributed by atoms with E-state index in [-0.39, 0.29) is 11.2 Å². The molecule has 1 rings (SSSR count). The Kier molecular flexibility index (Phi) is 13.2. The fourth-order valence-electron chi connectivity index (χ4n) is 3.61. The summed E-state index contributed by atoms with van der Waals surface area (Å²) in [5.41, 5.74) is 3.40. The Morgan fingerprint density at radius 1 is 0.931 bits per heavy atom. The zero-order valence-corrected chi connectivity index (χ0v) is 20.2. The predicted octanol–water partition coefficient (Wildman–Crippen LogP) is 7.69. The number of thioether (sulfide) groups is 1. The van der Waals surface area contributed by atoms with Gasteiger partial charge >= 0.3 is 0 Å². The molecular weight excluding hydrogens is 378 g/mol. The molecule has 166 valence electrons. The highest BCUT2D eigenvalue weighted by molar-refractivity contribution is 8.00. The summed E-state index contributed by atoms with van der Waals surface area (Å²) >= 11 is 1.78. The molecule has 3 nitrogen and oxygen atoms in total. The van der Waals surface area contributed by atoms with Crippen molar-refractivity contribution in [2.45, 2.75) is 110 Å². The maximum absolute atomic E-state index is 12.7. The molecule has 0 heterocycles. The molecule has 29 heavy (non-hydrogen) atoms. The highest BCUT2D eigenvalue weighted by Crippen LogP contribution is 2.31. The molecule has 0 radical (unpaired) electrons. The number of benzene rings is 1. The maximum atomic E-state index is 12.7. The van der Waals surface area contributed by atoms with Crippen LogP contribution in [-0.4, -0.2) is 22.0 Å². The molecule has 0 saturated heterocycles. The summed E-state index contributed by atoms with van der Waals surface area (Å²) in [6.45, 7) is 10.1. The van der Waals surface area contributed by atoms with E-state index < -0.39 is 0 Å². The van der Waals surface area contributed by atoms with Gasteiger partial charge in [-0.1, -0.05) is 71.6 Å². The van der Waals surface area contributed by atoms with Crippen LogP contribution in [0.5, 0.6) is 5.75 Å².